The fourth-order valence-electron chi connectivity index (χ4n) is 1.74. The maximum atomic E-state index is 9.85. The van der Waals surface area contributed by atoms with Crippen LogP contribution in [-0.4, -0.2) is 29.7 Å². The van der Waals surface area contributed by atoms with Gasteiger partial charge in [-0.1, -0.05) is 13.0 Å². The van der Waals surface area contributed by atoms with Crippen LogP contribution in [0.15, 0.2) is 12.7 Å². The Balaban J connectivity index is 2.41. The van der Waals surface area contributed by atoms with Gasteiger partial charge in [0.05, 0.1) is 18.8 Å². The standard InChI is InChI=1S/C12H22O3/c1-5-9(2)11(13)8-10-6-7-14-12(3,4)15-10/h5,9-11,13H,1,6-8H2,2-4H3/t9-,10-,11+/m1/s1. The summed E-state index contributed by atoms with van der Waals surface area (Å²) in [5, 5.41) is 9.85. The highest BCUT2D eigenvalue weighted by atomic mass is 16.7. The fraction of sp³-hybridized carbons (Fsp3) is 0.833. The average Bonchev–Trinajstić information content (AvgIpc) is 2.14. The van der Waals surface area contributed by atoms with E-state index in [-0.39, 0.29) is 18.1 Å². The Morgan fingerprint density at radius 1 is 1.60 bits per heavy atom. The average molecular weight is 214 g/mol. The Morgan fingerprint density at radius 3 is 2.80 bits per heavy atom. The van der Waals surface area contributed by atoms with Crippen molar-refractivity contribution in [1.29, 1.82) is 0 Å². The lowest BCUT2D eigenvalue weighted by Crippen LogP contribution is -2.41. The van der Waals surface area contributed by atoms with Gasteiger partial charge in [-0.15, -0.1) is 6.58 Å². The zero-order valence-electron chi connectivity index (χ0n) is 9.90. The molecule has 1 fully saturated rings. The molecule has 1 N–H and O–H groups in total. The van der Waals surface area contributed by atoms with Gasteiger partial charge < -0.3 is 14.6 Å². The molecule has 0 saturated carbocycles. The minimum atomic E-state index is -0.514. The zero-order valence-corrected chi connectivity index (χ0v) is 9.90. The fourth-order valence-corrected chi connectivity index (χ4v) is 1.74. The number of hydrogen-bond acceptors (Lipinski definition) is 3. The van der Waals surface area contributed by atoms with Crippen LogP contribution in [0.1, 0.15) is 33.6 Å². The molecule has 0 bridgehead atoms. The lowest BCUT2D eigenvalue weighted by Gasteiger charge is -2.37. The Bertz CT molecular complexity index is 213. The summed E-state index contributed by atoms with van der Waals surface area (Å²) in [6.45, 7) is 10.2. The minimum Gasteiger partial charge on any atom is -0.392 e. The summed E-state index contributed by atoms with van der Waals surface area (Å²) in [7, 11) is 0. The van der Waals surface area contributed by atoms with E-state index in [4.69, 9.17) is 9.47 Å². The summed E-state index contributed by atoms with van der Waals surface area (Å²) in [6.07, 6.45) is 2.99. The third-order valence-corrected chi connectivity index (χ3v) is 2.82. The number of rotatable bonds is 4. The number of aliphatic hydroxyl groups excluding tert-OH is 1. The van der Waals surface area contributed by atoms with Crippen LogP contribution < -0.4 is 0 Å². The zero-order chi connectivity index (χ0) is 11.5. The molecule has 1 rings (SSSR count). The van der Waals surface area contributed by atoms with Gasteiger partial charge in [0.1, 0.15) is 0 Å². The summed E-state index contributed by atoms with van der Waals surface area (Å²) in [4.78, 5) is 0. The molecule has 3 heteroatoms. The van der Waals surface area contributed by atoms with Crippen LogP contribution in [0.2, 0.25) is 0 Å². The van der Waals surface area contributed by atoms with Crippen molar-refractivity contribution in [3.05, 3.63) is 12.7 Å². The first kappa shape index (κ1) is 12.7. The van der Waals surface area contributed by atoms with Crippen LogP contribution in [0, 0.1) is 5.92 Å². The van der Waals surface area contributed by atoms with Crippen molar-refractivity contribution in [2.45, 2.75) is 51.6 Å². The molecule has 1 heterocycles. The molecule has 15 heavy (non-hydrogen) atoms. The second kappa shape index (κ2) is 5.10. The molecular weight excluding hydrogens is 192 g/mol. The van der Waals surface area contributed by atoms with E-state index in [0.717, 1.165) is 6.42 Å². The highest BCUT2D eigenvalue weighted by Gasteiger charge is 2.31. The van der Waals surface area contributed by atoms with Crippen LogP contribution in [-0.2, 0) is 9.47 Å². The minimum absolute atomic E-state index is 0.0890. The van der Waals surface area contributed by atoms with Crippen molar-refractivity contribution < 1.29 is 14.6 Å². The van der Waals surface area contributed by atoms with E-state index >= 15 is 0 Å². The van der Waals surface area contributed by atoms with Crippen LogP contribution in [0.3, 0.4) is 0 Å². The van der Waals surface area contributed by atoms with Gasteiger partial charge >= 0.3 is 0 Å². The molecule has 0 aromatic heterocycles. The lowest BCUT2D eigenvalue weighted by atomic mass is 9.97. The maximum absolute atomic E-state index is 9.85. The molecule has 1 saturated heterocycles. The second-order valence-electron chi connectivity index (χ2n) is 4.67. The largest absolute Gasteiger partial charge is 0.392 e. The highest BCUT2D eigenvalue weighted by molar-refractivity contribution is 4.83. The molecular formula is C12H22O3. The number of ether oxygens (including phenoxy) is 2. The van der Waals surface area contributed by atoms with E-state index in [0.29, 0.717) is 13.0 Å². The van der Waals surface area contributed by atoms with Gasteiger partial charge in [0.2, 0.25) is 0 Å². The molecule has 0 amide bonds. The van der Waals surface area contributed by atoms with E-state index in [1.165, 1.54) is 0 Å². The van der Waals surface area contributed by atoms with Crippen molar-refractivity contribution in [1.82, 2.24) is 0 Å². The molecule has 3 atom stereocenters. The molecule has 88 valence electrons. The Hall–Kier alpha value is -0.380. The van der Waals surface area contributed by atoms with Gasteiger partial charge in [0.15, 0.2) is 5.79 Å². The van der Waals surface area contributed by atoms with Crippen molar-refractivity contribution in [2.75, 3.05) is 6.61 Å². The van der Waals surface area contributed by atoms with Crippen molar-refractivity contribution in [3.8, 4) is 0 Å². The normalized spacial score (nSPS) is 29.5. The summed E-state index contributed by atoms with van der Waals surface area (Å²) in [6, 6.07) is 0. The molecule has 1 aliphatic heterocycles. The van der Waals surface area contributed by atoms with Crippen molar-refractivity contribution in [2.24, 2.45) is 5.92 Å². The topological polar surface area (TPSA) is 38.7 Å². The first-order chi connectivity index (χ1) is 6.94. The third-order valence-electron chi connectivity index (χ3n) is 2.82. The molecule has 0 aromatic carbocycles. The predicted molar refractivity (Wildman–Crippen MR) is 59.5 cm³/mol. The van der Waals surface area contributed by atoms with Crippen molar-refractivity contribution in [3.63, 3.8) is 0 Å². The maximum Gasteiger partial charge on any atom is 0.163 e. The molecule has 0 spiro atoms. The first-order valence-corrected chi connectivity index (χ1v) is 5.57. The van der Waals surface area contributed by atoms with Gasteiger partial charge in [-0.05, 0) is 26.2 Å². The Labute approximate surface area is 92.1 Å². The van der Waals surface area contributed by atoms with E-state index in [2.05, 4.69) is 6.58 Å². The van der Waals surface area contributed by atoms with Crippen LogP contribution >= 0.6 is 0 Å². The molecule has 0 aromatic rings. The molecule has 3 nitrogen and oxygen atoms in total. The van der Waals surface area contributed by atoms with Crippen LogP contribution in [0.5, 0.6) is 0 Å². The summed E-state index contributed by atoms with van der Waals surface area (Å²) in [5.74, 6) is -0.403. The van der Waals surface area contributed by atoms with Gasteiger partial charge in [-0.25, -0.2) is 0 Å². The smallest absolute Gasteiger partial charge is 0.163 e. The van der Waals surface area contributed by atoms with Gasteiger partial charge in [-0.3, -0.25) is 0 Å². The predicted octanol–water partition coefficient (Wildman–Crippen LogP) is 2.10. The third kappa shape index (κ3) is 3.93. The van der Waals surface area contributed by atoms with Crippen LogP contribution in [0.4, 0.5) is 0 Å². The van der Waals surface area contributed by atoms with Gasteiger partial charge in [0, 0.05) is 6.42 Å². The first-order valence-electron chi connectivity index (χ1n) is 5.57. The van der Waals surface area contributed by atoms with E-state index in [1.54, 1.807) is 6.08 Å². The lowest BCUT2D eigenvalue weighted by molar-refractivity contribution is -0.277. The van der Waals surface area contributed by atoms with Crippen molar-refractivity contribution >= 4 is 0 Å². The van der Waals surface area contributed by atoms with Crippen LogP contribution in [0.25, 0.3) is 0 Å². The SMILES string of the molecule is C=C[C@@H](C)[C@@H](O)C[C@H]1CCOC(C)(C)O1. The summed E-state index contributed by atoms with van der Waals surface area (Å²) < 4.78 is 11.2. The highest BCUT2D eigenvalue weighted by Crippen LogP contribution is 2.25. The summed E-state index contributed by atoms with van der Waals surface area (Å²) >= 11 is 0. The molecule has 1 aliphatic rings. The molecule has 0 radical (unpaired) electrons. The molecule has 0 aliphatic carbocycles. The van der Waals surface area contributed by atoms with E-state index < -0.39 is 5.79 Å². The van der Waals surface area contributed by atoms with Gasteiger partial charge in [-0.2, -0.15) is 0 Å². The van der Waals surface area contributed by atoms with E-state index in [1.807, 2.05) is 20.8 Å². The van der Waals surface area contributed by atoms with Gasteiger partial charge in [0.25, 0.3) is 0 Å². The monoisotopic (exact) mass is 214 g/mol. The quantitative estimate of drug-likeness (QED) is 0.728. The Morgan fingerprint density at radius 2 is 2.27 bits per heavy atom. The number of hydrogen-bond donors (Lipinski definition) is 1. The number of aliphatic hydroxyl groups is 1. The van der Waals surface area contributed by atoms with E-state index in [9.17, 15) is 5.11 Å². The summed E-state index contributed by atoms with van der Waals surface area (Å²) in [5.41, 5.74) is 0. The second-order valence-corrected chi connectivity index (χ2v) is 4.67. The molecule has 0 unspecified atom stereocenters. The Kier molecular flexibility index (Phi) is 4.32.